The van der Waals surface area contributed by atoms with Crippen LogP contribution >= 0.6 is 0 Å². The fraction of sp³-hybridized carbons (Fsp3) is 0.500. The van der Waals surface area contributed by atoms with Crippen LogP contribution in [0.3, 0.4) is 0 Å². The molecule has 2 N–H and O–H groups in total. The third kappa shape index (κ3) is 2.05. The van der Waals surface area contributed by atoms with E-state index in [-0.39, 0.29) is 5.54 Å². The van der Waals surface area contributed by atoms with Crippen molar-refractivity contribution >= 4 is 15.7 Å². The monoisotopic (exact) mass is 252 g/mol. The number of fused-ring (bicyclic) bond motifs is 1. The first-order valence-corrected chi connectivity index (χ1v) is 7.38. The first kappa shape index (κ1) is 11.0. The first-order chi connectivity index (χ1) is 7.99. The average molecular weight is 252 g/mol. The molecule has 5 heteroatoms. The second-order valence-electron chi connectivity index (χ2n) is 5.16. The Hall–Kier alpha value is -1.07. The van der Waals surface area contributed by atoms with E-state index in [4.69, 9.17) is 0 Å². The summed E-state index contributed by atoms with van der Waals surface area (Å²) >= 11 is 0. The quantitative estimate of drug-likeness (QED) is 0.857. The molecule has 1 heterocycles. The first-order valence-electron chi connectivity index (χ1n) is 5.89. The van der Waals surface area contributed by atoms with Crippen LogP contribution in [-0.2, 0) is 16.4 Å². The number of anilines is 1. The minimum atomic E-state index is -3.37. The number of sulfonamides is 1. The average Bonchev–Trinajstić information content (AvgIpc) is 2.81. The number of nitrogens with one attached hydrogen (secondary N) is 2. The van der Waals surface area contributed by atoms with Crippen LogP contribution in [0.1, 0.15) is 25.3 Å². The van der Waals surface area contributed by atoms with Gasteiger partial charge >= 0.3 is 0 Å². The molecule has 0 spiro atoms. The summed E-state index contributed by atoms with van der Waals surface area (Å²) in [4.78, 5) is 0.360. The molecule has 17 heavy (non-hydrogen) atoms. The molecule has 0 aromatic heterocycles. The van der Waals surface area contributed by atoms with Gasteiger partial charge in [0.05, 0.1) is 4.90 Å². The lowest BCUT2D eigenvalue weighted by Crippen LogP contribution is -2.34. The summed E-state index contributed by atoms with van der Waals surface area (Å²) in [6, 6.07) is 5.33. The van der Waals surface area contributed by atoms with Crippen LogP contribution < -0.4 is 10.0 Å². The lowest BCUT2D eigenvalue weighted by molar-refractivity contribution is 0.558. The van der Waals surface area contributed by atoms with Crippen LogP contribution in [0.4, 0.5) is 5.69 Å². The zero-order valence-electron chi connectivity index (χ0n) is 9.79. The highest BCUT2D eigenvalue weighted by Gasteiger charge is 2.41. The van der Waals surface area contributed by atoms with Crippen molar-refractivity contribution in [3.8, 4) is 0 Å². The van der Waals surface area contributed by atoms with E-state index >= 15 is 0 Å². The zero-order chi connectivity index (χ0) is 12.1. The Morgan fingerprint density at radius 2 is 2.12 bits per heavy atom. The molecule has 0 radical (unpaired) electrons. The van der Waals surface area contributed by atoms with Crippen molar-refractivity contribution < 1.29 is 8.42 Å². The highest BCUT2D eigenvalue weighted by molar-refractivity contribution is 7.89. The van der Waals surface area contributed by atoms with Gasteiger partial charge < -0.3 is 5.32 Å². The summed E-state index contributed by atoms with van der Waals surface area (Å²) in [5.41, 5.74) is 1.93. The van der Waals surface area contributed by atoms with Crippen LogP contribution in [0.5, 0.6) is 0 Å². The topological polar surface area (TPSA) is 58.2 Å². The molecule has 1 aliphatic heterocycles. The Balaban J connectivity index is 1.93. The van der Waals surface area contributed by atoms with E-state index in [1.807, 2.05) is 13.0 Å². The Kier molecular flexibility index (Phi) is 2.25. The van der Waals surface area contributed by atoms with E-state index in [1.165, 1.54) is 5.56 Å². The van der Waals surface area contributed by atoms with Crippen LogP contribution in [0, 0.1) is 0 Å². The van der Waals surface area contributed by atoms with E-state index in [0.717, 1.165) is 31.5 Å². The van der Waals surface area contributed by atoms with Gasteiger partial charge in [-0.2, -0.15) is 0 Å². The Morgan fingerprint density at radius 1 is 1.35 bits per heavy atom. The van der Waals surface area contributed by atoms with Gasteiger partial charge in [-0.3, -0.25) is 0 Å². The van der Waals surface area contributed by atoms with Crippen LogP contribution in [0.15, 0.2) is 23.1 Å². The van der Waals surface area contributed by atoms with Crippen molar-refractivity contribution in [1.82, 2.24) is 4.72 Å². The molecule has 1 aromatic rings. The molecule has 4 nitrogen and oxygen atoms in total. The molecule has 0 bridgehead atoms. The van der Waals surface area contributed by atoms with E-state index in [2.05, 4.69) is 10.0 Å². The summed E-state index contributed by atoms with van der Waals surface area (Å²) in [5.74, 6) is 0. The molecule has 3 rings (SSSR count). The van der Waals surface area contributed by atoms with Gasteiger partial charge in [0.1, 0.15) is 0 Å². The van der Waals surface area contributed by atoms with E-state index in [0.29, 0.717) is 4.90 Å². The SMILES string of the molecule is CC1(NS(=O)(=O)c2ccc3c(c2)NCC3)CC1. The minimum absolute atomic E-state index is 0.217. The van der Waals surface area contributed by atoms with Crippen LogP contribution in [0.2, 0.25) is 0 Å². The molecule has 1 aliphatic carbocycles. The molecular formula is C12H16N2O2S. The molecule has 1 aromatic carbocycles. The van der Waals surface area contributed by atoms with Gasteiger partial charge in [0.2, 0.25) is 10.0 Å². The molecule has 92 valence electrons. The number of hydrogen-bond acceptors (Lipinski definition) is 3. The van der Waals surface area contributed by atoms with Gasteiger partial charge in [-0.1, -0.05) is 6.07 Å². The van der Waals surface area contributed by atoms with E-state index in [9.17, 15) is 8.42 Å². The number of rotatable bonds is 3. The van der Waals surface area contributed by atoms with Crippen LogP contribution in [0.25, 0.3) is 0 Å². The Labute approximate surface area is 101 Å². The number of hydrogen-bond donors (Lipinski definition) is 2. The Bertz CT molecular complexity index is 562. The largest absolute Gasteiger partial charge is 0.384 e. The van der Waals surface area contributed by atoms with Crippen molar-refractivity contribution in [2.75, 3.05) is 11.9 Å². The van der Waals surface area contributed by atoms with Gasteiger partial charge in [-0.25, -0.2) is 13.1 Å². The smallest absolute Gasteiger partial charge is 0.241 e. The van der Waals surface area contributed by atoms with Gasteiger partial charge in [-0.05, 0) is 43.9 Å². The van der Waals surface area contributed by atoms with E-state index < -0.39 is 10.0 Å². The predicted molar refractivity (Wildman–Crippen MR) is 66.6 cm³/mol. The van der Waals surface area contributed by atoms with E-state index in [1.54, 1.807) is 12.1 Å². The normalized spacial score (nSPS) is 20.8. The zero-order valence-corrected chi connectivity index (χ0v) is 10.6. The van der Waals surface area contributed by atoms with Crippen LogP contribution in [-0.4, -0.2) is 20.5 Å². The molecular weight excluding hydrogens is 236 g/mol. The standard InChI is InChI=1S/C12H16N2O2S/c1-12(5-6-12)14-17(15,16)10-3-2-9-4-7-13-11(9)8-10/h2-3,8,13-14H,4-7H2,1H3. The maximum absolute atomic E-state index is 12.1. The fourth-order valence-electron chi connectivity index (χ4n) is 2.11. The van der Waals surface area contributed by atoms with Crippen molar-refractivity contribution in [2.24, 2.45) is 0 Å². The van der Waals surface area contributed by atoms with Gasteiger partial charge in [0.25, 0.3) is 0 Å². The molecule has 1 saturated carbocycles. The Morgan fingerprint density at radius 3 is 2.82 bits per heavy atom. The maximum Gasteiger partial charge on any atom is 0.241 e. The molecule has 1 fully saturated rings. The van der Waals surface area contributed by atoms with Gasteiger partial charge in [-0.15, -0.1) is 0 Å². The fourth-order valence-corrected chi connectivity index (χ4v) is 3.60. The maximum atomic E-state index is 12.1. The second kappa shape index (κ2) is 3.46. The lowest BCUT2D eigenvalue weighted by atomic mass is 10.2. The summed E-state index contributed by atoms with van der Waals surface area (Å²) < 4.78 is 27.1. The highest BCUT2D eigenvalue weighted by Crippen LogP contribution is 2.36. The summed E-state index contributed by atoms with van der Waals surface area (Å²) in [5, 5.41) is 3.20. The lowest BCUT2D eigenvalue weighted by Gasteiger charge is -2.13. The van der Waals surface area contributed by atoms with Crippen molar-refractivity contribution in [1.29, 1.82) is 0 Å². The molecule has 2 aliphatic rings. The third-order valence-corrected chi connectivity index (χ3v) is 5.12. The predicted octanol–water partition coefficient (Wildman–Crippen LogP) is 1.49. The molecule has 0 saturated heterocycles. The molecule has 0 unspecified atom stereocenters. The van der Waals surface area contributed by atoms with Gasteiger partial charge in [0.15, 0.2) is 0 Å². The van der Waals surface area contributed by atoms with Crippen molar-refractivity contribution in [3.05, 3.63) is 23.8 Å². The van der Waals surface area contributed by atoms with Gasteiger partial charge in [0, 0.05) is 17.8 Å². The summed E-state index contributed by atoms with van der Waals surface area (Å²) in [6.07, 6.45) is 2.83. The second-order valence-corrected chi connectivity index (χ2v) is 6.84. The summed E-state index contributed by atoms with van der Waals surface area (Å²) in [7, 11) is -3.37. The van der Waals surface area contributed by atoms with Crippen molar-refractivity contribution in [2.45, 2.75) is 36.6 Å². The highest BCUT2D eigenvalue weighted by atomic mass is 32.2. The minimum Gasteiger partial charge on any atom is -0.384 e. The summed E-state index contributed by atoms with van der Waals surface area (Å²) in [6.45, 7) is 2.83. The third-order valence-electron chi connectivity index (χ3n) is 3.48. The molecule has 0 amide bonds. The number of benzene rings is 1. The van der Waals surface area contributed by atoms with Crippen molar-refractivity contribution in [3.63, 3.8) is 0 Å². The molecule has 0 atom stereocenters.